The second kappa shape index (κ2) is 6.02. The van der Waals surface area contributed by atoms with Gasteiger partial charge in [-0.05, 0) is 25.0 Å². The molecule has 2 rings (SSSR count). The van der Waals surface area contributed by atoms with E-state index in [2.05, 4.69) is 10.3 Å². The molecule has 0 unspecified atom stereocenters. The number of aromatic carboxylic acids is 1. The monoisotopic (exact) mass is 264 g/mol. The average Bonchev–Trinajstić information content (AvgIpc) is 2.62. The van der Waals surface area contributed by atoms with E-state index < -0.39 is 11.6 Å². The molecule has 104 valence electrons. The van der Waals surface area contributed by atoms with Gasteiger partial charge in [-0.1, -0.05) is 25.7 Å². The molecule has 0 bridgehead atoms. The summed E-state index contributed by atoms with van der Waals surface area (Å²) < 4.78 is 0. The van der Waals surface area contributed by atoms with E-state index in [0.717, 1.165) is 25.7 Å². The highest BCUT2D eigenvalue weighted by Gasteiger charge is 2.27. The number of nitrogens with zero attached hydrogens (tertiary/aromatic N) is 1. The van der Waals surface area contributed by atoms with Crippen LogP contribution in [-0.2, 0) is 0 Å². The van der Waals surface area contributed by atoms with Crippen LogP contribution < -0.4 is 5.32 Å². The van der Waals surface area contributed by atoms with Gasteiger partial charge >= 0.3 is 5.97 Å². The van der Waals surface area contributed by atoms with Crippen molar-refractivity contribution in [3.05, 3.63) is 23.9 Å². The molecule has 0 aliphatic heterocycles. The number of aromatic nitrogens is 1. The fourth-order valence-electron chi connectivity index (χ4n) is 2.48. The molecular weight excluding hydrogens is 244 g/mol. The minimum atomic E-state index is -0.973. The molecule has 3 N–H and O–H groups in total. The van der Waals surface area contributed by atoms with E-state index in [4.69, 9.17) is 5.11 Å². The highest BCUT2D eigenvalue weighted by Crippen LogP contribution is 2.27. The highest BCUT2D eigenvalue weighted by atomic mass is 16.4. The molecule has 19 heavy (non-hydrogen) atoms. The molecule has 0 spiro atoms. The number of carbonyl (C=O) groups is 1. The molecule has 1 aliphatic rings. The summed E-state index contributed by atoms with van der Waals surface area (Å²) >= 11 is 0. The van der Waals surface area contributed by atoms with E-state index in [1.165, 1.54) is 31.2 Å². The molecule has 1 aliphatic carbocycles. The summed E-state index contributed by atoms with van der Waals surface area (Å²) in [5, 5.41) is 22.4. The van der Waals surface area contributed by atoms with Crippen molar-refractivity contribution in [3.63, 3.8) is 0 Å². The van der Waals surface area contributed by atoms with Gasteiger partial charge in [0.05, 0.1) is 11.2 Å². The number of carboxylic acids is 1. The van der Waals surface area contributed by atoms with Gasteiger partial charge in [-0.3, -0.25) is 0 Å². The van der Waals surface area contributed by atoms with E-state index in [1.807, 2.05) is 0 Å². The van der Waals surface area contributed by atoms with Crippen molar-refractivity contribution in [2.24, 2.45) is 0 Å². The number of carboxylic acid groups (broad SMARTS) is 1. The topological polar surface area (TPSA) is 82.5 Å². The highest BCUT2D eigenvalue weighted by molar-refractivity contribution is 5.88. The summed E-state index contributed by atoms with van der Waals surface area (Å²) in [7, 11) is 0. The smallest absolute Gasteiger partial charge is 0.335 e. The van der Waals surface area contributed by atoms with Crippen LogP contribution in [0, 0.1) is 0 Å². The number of anilines is 1. The Kier molecular flexibility index (Phi) is 4.37. The van der Waals surface area contributed by atoms with Crippen LogP contribution in [0.3, 0.4) is 0 Å². The SMILES string of the molecule is O=C(O)c1ccnc(NCC2(O)CCCCCC2)c1. The van der Waals surface area contributed by atoms with Crippen LogP contribution in [-0.4, -0.2) is 33.3 Å². The zero-order valence-corrected chi connectivity index (χ0v) is 10.9. The summed E-state index contributed by atoms with van der Waals surface area (Å²) in [6, 6.07) is 2.94. The van der Waals surface area contributed by atoms with E-state index in [0.29, 0.717) is 12.4 Å². The van der Waals surface area contributed by atoms with Gasteiger partial charge in [-0.2, -0.15) is 0 Å². The molecular formula is C14H20N2O3. The Hall–Kier alpha value is -1.62. The predicted octanol–water partition coefficient (Wildman–Crippen LogP) is 2.28. The lowest BCUT2D eigenvalue weighted by atomic mass is 9.94. The number of aliphatic hydroxyl groups is 1. The summed E-state index contributed by atoms with van der Waals surface area (Å²) in [5.74, 6) is -0.476. The maximum absolute atomic E-state index is 10.9. The Balaban J connectivity index is 1.97. The van der Waals surface area contributed by atoms with Crippen LogP contribution in [0.4, 0.5) is 5.82 Å². The van der Waals surface area contributed by atoms with Crippen LogP contribution in [0.1, 0.15) is 48.9 Å². The van der Waals surface area contributed by atoms with Gasteiger partial charge in [-0.25, -0.2) is 9.78 Å². The largest absolute Gasteiger partial charge is 0.478 e. The quantitative estimate of drug-likeness (QED) is 0.727. The van der Waals surface area contributed by atoms with Crippen molar-refractivity contribution in [3.8, 4) is 0 Å². The van der Waals surface area contributed by atoms with Gasteiger partial charge in [0, 0.05) is 12.7 Å². The van der Waals surface area contributed by atoms with Gasteiger partial charge in [0.1, 0.15) is 5.82 Å². The lowest BCUT2D eigenvalue weighted by molar-refractivity contribution is 0.0380. The van der Waals surface area contributed by atoms with E-state index in [-0.39, 0.29) is 5.56 Å². The van der Waals surface area contributed by atoms with Crippen molar-refractivity contribution >= 4 is 11.8 Å². The van der Waals surface area contributed by atoms with Crippen LogP contribution in [0.15, 0.2) is 18.3 Å². The molecule has 0 radical (unpaired) electrons. The van der Waals surface area contributed by atoms with Crippen molar-refractivity contribution in [2.75, 3.05) is 11.9 Å². The molecule has 5 nitrogen and oxygen atoms in total. The first kappa shape index (κ1) is 13.8. The van der Waals surface area contributed by atoms with Gasteiger partial charge < -0.3 is 15.5 Å². The molecule has 0 amide bonds. The molecule has 0 atom stereocenters. The number of pyridine rings is 1. The Morgan fingerprint density at radius 1 is 1.32 bits per heavy atom. The fourth-order valence-corrected chi connectivity index (χ4v) is 2.48. The van der Waals surface area contributed by atoms with Crippen molar-refractivity contribution in [1.29, 1.82) is 0 Å². The summed E-state index contributed by atoms with van der Waals surface area (Å²) in [4.78, 5) is 14.9. The third-order valence-corrected chi connectivity index (χ3v) is 3.64. The first-order valence-corrected chi connectivity index (χ1v) is 6.75. The number of rotatable bonds is 4. The predicted molar refractivity (Wildman–Crippen MR) is 72.3 cm³/mol. The molecule has 5 heteroatoms. The molecule has 1 saturated carbocycles. The summed E-state index contributed by atoms with van der Waals surface area (Å²) in [6.07, 6.45) is 7.48. The van der Waals surface area contributed by atoms with E-state index >= 15 is 0 Å². The minimum Gasteiger partial charge on any atom is -0.478 e. The zero-order chi connectivity index (χ0) is 13.7. The first-order valence-electron chi connectivity index (χ1n) is 6.75. The normalized spacial score (nSPS) is 18.6. The Labute approximate surface area is 112 Å². The number of hydrogen-bond acceptors (Lipinski definition) is 4. The third-order valence-electron chi connectivity index (χ3n) is 3.64. The summed E-state index contributed by atoms with van der Waals surface area (Å²) in [6.45, 7) is 0.420. The summed E-state index contributed by atoms with van der Waals surface area (Å²) in [5.41, 5.74) is -0.498. The third kappa shape index (κ3) is 3.92. The van der Waals surface area contributed by atoms with Crippen molar-refractivity contribution in [2.45, 2.75) is 44.1 Å². The van der Waals surface area contributed by atoms with Gasteiger partial charge in [0.25, 0.3) is 0 Å². The Morgan fingerprint density at radius 2 is 2.00 bits per heavy atom. The molecule has 1 fully saturated rings. The Bertz CT molecular complexity index is 440. The lowest BCUT2D eigenvalue weighted by Crippen LogP contribution is -2.36. The molecule has 0 saturated heterocycles. The van der Waals surface area contributed by atoms with Gasteiger partial charge in [0.2, 0.25) is 0 Å². The molecule has 0 aromatic carbocycles. The van der Waals surface area contributed by atoms with Crippen LogP contribution in [0.2, 0.25) is 0 Å². The molecule has 1 heterocycles. The average molecular weight is 264 g/mol. The van der Waals surface area contributed by atoms with E-state index in [1.54, 1.807) is 0 Å². The number of nitrogens with one attached hydrogen (secondary N) is 1. The van der Waals surface area contributed by atoms with Crippen LogP contribution in [0.5, 0.6) is 0 Å². The second-order valence-electron chi connectivity index (χ2n) is 5.23. The lowest BCUT2D eigenvalue weighted by Gasteiger charge is -2.27. The second-order valence-corrected chi connectivity index (χ2v) is 5.23. The first-order chi connectivity index (χ1) is 9.09. The van der Waals surface area contributed by atoms with Crippen LogP contribution >= 0.6 is 0 Å². The number of hydrogen-bond donors (Lipinski definition) is 3. The van der Waals surface area contributed by atoms with E-state index in [9.17, 15) is 9.90 Å². The minimum absolute atomic E-state index is 0.199. The van der Waals surface area contributed by atoms with Gasteiger partial charge in [-0.15, -0.1) is 0 Å². The van der Waals surface area contributed by atoms with Crippen molar-refractivity contribution in [1.82, 2.24) is 4.98 Å². The van der Waals surface area contributed by atoms with Gasteiger partial charge in [0.15, 0.2) is 0 Å². The Morgan fingerprint density at radius 3 is 2.63 bits per heavy atom. The van der Waals surface area contributed by atoms with Crippen molar-refractivity contribution < 1.29 is 15.0 Å². The zero-order valence-electron chi connectivity index (χ0n) is 10.9. The molecule has 1 aromatic rings. The fraction of sp³-hybridized carbons (Fsp3) is 0.571. The maximum Gasteiger partial charge on any atom is 0.335 e. The maximum atomic E-state index is 10.9. The standard InChI is InChI=1S/C14H20N2O3/c17-13(18)11-5-8-15-12(9-11)16-10-14(19)6-3-1-2-4-7-14/h5,8-9,19H,1-4,6-7,10H2,(H,15,16)(H,17,18). The van der Waals surface area contributed by atoms with Crippen LogP contribution in [0.25, 0.3) is 0 Å². The molecule has 1 aromatic heterocycles.